The van der Waals surface area contributed by atoms with Crippen LogP contribution < -0.4 is 15.4 Å². The second-order valence-electron chi connectivity index (χ2n) is 8.32. The molecule has 2 heterocycles. The minimum atomic E-state index is -0.382. The Labute approximate surface area is 188 Å². The van der Waals surface area contributed by atoms with E-state index in [1.54, 1.807) is 24.4 Å². The van der Waals surface area contributed by atoms with E-state index in [2.05, 4.69) is 51.6 Å². The fourth-order valence-corrected chi connectivity index (χ4v) is 2.70. The highest BCUT2D eigenvalue weighted by Crippen LogP contribution is 2.24. The van der Waals surface area contributed by atoms with Gasteiger partial charge in [-0.15, -0.1) is 0 Å². The van der Waals surface area contributed by atoms with Crippen molar-refractivity contribution in [2.24, 2.45) is 0 Å². The van der Waals surface area contributed by atoms with Crippen LogP contribution in [-0.4, -0.2) is 39.3 Å². The molecule has 0 aliphatic carbocycles. The predicted molar refractivity (Wildman–Crippen MR) is 124 cm³/mol. The van der Waals surface area contributed by atoms with Crippen molar-refractivity contribution in [2.45, 2.75) is 46.0 Å². The smallest absolute Gasteiger partial charge is 0.344 e. The standard InChI is InChI=1S/C23H30N6O3/c1-5-6-12-31-21(30)15-32-17-9-7-8-16(13-17)25-22-24-11-10-19(27-22)26-20-14-18(28-29-20)23(2,3)4/h7-11,13-14H,5-6,12,15H2,1-4H3,(H3,24,25,26,27,28,29). The number of anilines is 4. The van der Waals surface area contributed by atoms with Crippen LogP contribution in [0.4, 0.5) is 23.3 Å². The molecule has 0 fully saturated rings. The normalized spacial score (nSPS) is 11.1. The first-order valence-electron chi connectivity index (χ1n) is 10.6. The van der Waals surface area contributed by atoms with Crippen molar-refractivity contribution in [2.75, 3.05) is 23.8 Å². The number of carbonyl (C=O) groups excluding carboxylic acids is 1. The van der Waals surface area contributed by atoms with Gasteiger partial charge in [0, 0.05) is 35.1 Å². The van der Waals surface area contributed by atoms with Gasteiger partial charge in [-0.3, -0.25) is 5.10 Å². The summed E-state index contributed by atoms with van der Waals surface area (Å²) in [7, 11) is 0. The van der Waals surface area contributed by atoms with E-state index < -0.39 is 0 Å². The van der Waals surface area contributed by atoms with Gasteiger partial charge in [-0.2, -0.15) is 10.1 Å². The van der Waals surface area contributed by atoms with Gasteiger partial charge >= 0.3 is 5.97 Å². The van der Waals surface area contributed by atoms with Crippen LogP contribution in [0.15, 0.2) is 42.6 Å². The van der Waals surface area contributed by atoms with Gasteiger partial charge in [0.25, 0.3) is 0 Å². The van der Waals surface area contributed by atoms with Crippen LogP contribution in [0.3, 0.4) is 0 Å². The fourth-order valence-electron chi connectivity index (χ4n) is 2.70. The van der Waals surface area contributed by atoms with Crippen LogP contribution in [-0.2, 0) is 14.9 Å². The highest BCUT2D eigenvalue weighted by Gasteiger charge is 2.17. The van der Waals surface area contributed by atoms with E-state index >= 15 is 0 Å². The molecule has 9 nitrogen and oxygen atoms in total. The van der Waals surface area contributed by atoms with E-state index in [4.69, 9.17) is 9.47 Å². The Morgan fingerprint density at radius 2 is 1.97 bits per heavy atom. The molecule has 0 aliphatic heterocycles. The number of rotatable bonds is 10. The third-order valence-electron chi connectivity index (χ3n) is 4.51. The molecule has 0 atom stereocenters. The predicted octanol–water partition coefficient (Wildman–Crippen LogP) is 4.71. The quantitative estimate of drug-likeness (QED) is 0.308. The Hall–Kier alpha value is -3.62. The van der Waals surface area contributed by atoms with Crippen LogP contribution in [0.25, 0.3) is 0 Å². The minimum Gasteiger partial charge on any atom is -0.482 e. The molecule has 0 saturated heterocycles. The molecule has 0 amide bonds. The average Bonchev–Trinajstić information content (AvgIpc) is 3.22. The van der Waals surface area contributed by atoms with E-state index in [-0.39, 0.29) is 18.0 Å². The van der Waals surface area contributed by atoms with Gasteiger partial charge in [0.05, 0.1) is 6.61 Å². The van der Waals surface area contributed by atoms with Gasteiger partial charge in [-0.25, -0.2) is 9.78 Å². The van der Waals surface area contributed by atoms with Gasteiger partial charge in [0.15, 0.2) is 12.4 Å². The summed E-state index contributed by atoms with van der Waals surface area (Å²) in [5, 5.41) is 13.7. The number of aromatic nitrogens is 4. The lowest BCUT2D eigenvalue weighted by atomic mass is 9.92. The van der Waals surface area contributed by atoms with Crippen molar-refractivity contribution in [3.63, 3.8) is 0 Å². The molecular weight excluding hydrogens is 408 g/mol. The molecular formula is C23H30N6O3. The molecule has 3 rings (SSSR count). The number of esters is 1. The summed E-state index contributed by atoms with van der Waals surface area (Å²) in [4.78, 5) is 20.5. The van der Waals surface area contributed by atoms with Gasteiger partial charge in [0.2, 0.25) is 5.95 Å². The third-order valence-corrected chi connectivity index (χ3v) is 4.51. The summed E-state index contributed by atoms with van der Waals surface area (Å²) in [5.41, 5.74) is 1.73. The molecule has 0 bridgehead atoms. The SMILES string of the molecule is CCCCOC(=O)COc1cccc(Nc2nccc(Nc3cc(C(C)(C)C)[nH]n3)n2)c1. The number of hydrogen-bond acceptors (Lipinski definition) is 8. The minimum absolute atomic E-state index is 0.0232. The first-order valence-corrected chi connectivity index (χ1v) is 10.6. The average molecular weight is 439 g/mol. The Balaban J connectivity index is 1.59. The number of hydrogen-bond donors (Lipinski definition) is 3. The fraction of sp³-hybridized carbons (Fsp3) is 0.391. The number of nitrogens with zero attached hydrogens (tertiary/aromatic N) is 3. The van der Waals surface area contributed by atoms with E-state index in [0.29, 0.717) is 29.9 Å². The highest BCUT2D eigenvalue weighted by atomic mass is 16.6. The van der Waals surface area contributed by atoms with Gasteiger partial charge in [-0.1, -0.05) is 40.2 Å². The largest absolute Gasteiger partial charge is 0.482 e. The van der Waals surface area contributed by atoms with Gasteiger partial charge in [-0.05, 0) is 24.6 Å². The molecule has 0 spiro atoms. The maximum absolute atomic E-state index is 11.7. The summed E-state index contributed by atoms with van der Waals surface area (Å²) in [6.45, 7) is 8.66. The first kappa shape index (κ1) is 23.1. The molecule has 2 aromatic heterocycles. The molecule has 9 heteroatoms. The number of carbonyl (C=O) groups is 1. The zero-order chi connectivity index (χ0) is 23.0. The van der Waals surface area contributed by atoms with Crippen LogP contribution in [0.1, 0.15) is 46.2 Å². The number of aromatic amines is 1. The highest BCUT2D eigenvalue weighted by molar-refractivity contribution is 5.71. The van der Waals surface area contributed by atoms with Crippen LogP contribution in [0.2, 0.25) is 0 Å². The van der Waals surface area contributed by atoms with Crippen LogP contribution in [0, 0.1) is 0 Å². The number of benzene rings is 1. The molecule has 170 valence electrons. The van der Waals surface area contributed by atoms with Crippen molar-refractivity contribution >= 4 is 29.2 Å². The summed E-state index contributed by atoms with van der Waals surface area (Å²) in [6, 6.07) is 10.9. The maximum atomic E-state index is 11.7. The summed E-state index contributed by atoms with van der Waals surface area (Å²) < 4.78 is 10.6. The van der Waals surface area contributed by atoms with E-state index in [1.165, 1.54) is 0 Å². The van der Waals surface area contributed by atoms with E-state index in [0.717, 1.165) is 24.2 Å². The van der Waals surface area contributed by atoms with Crippen molar-refractivity contribution in [3.05, 3.63) is 48.3 Å². The molecule has 32 heavy (non-hydrogen) atoms. The monoisotopic (exact) mass is 438 g/mol. The van der Waals surface area contributed by atoms with Crippen molar-refractivity contribution in [3.8, 4) is 5.75 Å². The molecule has 0 radical (unpaired) electrons. The Morgan fingerprint density at radius 3 is 2.72 bits per heavy atom. The summed E-state index contributed by atoms with van der Waals surface area (Å²) >= 11 is 0. The topological polar surface area (TPSA) is 114 Å². The first-order chi connectivity index (χ1) is 15.3. The number of nitrogens with one attached hydrogen (secondary N) is 3. The summed E-state index contributed by atoms with van der Waals surface area (Å²) in [5.74, 6) is 1.87. The van der Waals surface area contributed by atoms with E-state index in [9.17, 15) is 4.79 Å². The molecule has 0 aliphatic rings. The van der Waals surface area contributed by atoms with E-state index in [1.807, 2.05) is 25.1 Å². The van der Waals surface area contributed by atoms with Gasteiger partial charge in [0.1, 0.15) is 11.6 Å². The molecule has 0 unspecified atom stereocenters. The second kappa shape index (κ2) is 10.6. The Morgan fingerprint density at radius 1 is 1.12 bits per heavy atom. The molecule has 3 N–H and O–H groups in total. The number of H-pyrrole nitrogens is 1. The number of unbranched alkanes of at least 4 members (excludes halogenated alkanes) is 1. The van der Waals surface area contributed by atoms with Crippen LogP contribution in [0.5, 0.6) is 5.75 Å². The lowest BCUT2D eigenvalue weighted by molar-refractivity contribution is -0.146. The van der Waals surface area contributed by atoms with Crippen molar-refractivity contribution in [1.29, 1.82) is 0 Å². The van der Waals surface area contributed by atoms with Gasteiger partial charge < -0.3 is 20.1 Å². The Bertz CT molecular complexity index is 1030. The number of ether oxygens (including phenoxy) is 2. The van der Waals surface area contributed by atoms with Crippen molar-refractivity contribution < 1.29 is 14.3 Å². The van der Waals surface area contributed by atoms with Crippen LogP contribution >= 0.6 is 0 Å². The third kappa shape index (κ3) is 6.97. The Kier molecular flexibility index (Phi) is 7.64. The zero-order valence-electron chi connectivity index (χ0n) is 18.9. The van der Waals surface area contributed by atoms with Crippen molar-refractivity contribution in [1.82, 2.24) is 20.2 Å². The molecule has 1 aromatic carbocycles. The molecule has 3 aromatic rings. The zero-order valence-corrected chi connectivity index (χ0v) is 18.9. The maximum Gasteiger partial charge on any atom is 0.344 e. The lowest BCUT2D eigenvalue weighted by Gasteiger charge is -2.14. The lowest BCUT2D eigenvalue weighted by Crippen LogP contribution is -2.15. The molecule has 0 saturated carbocycles. The second-order valence-corrected chi connectivity index (χ2v) is 8.32. The summed E-state index contributed by atoms with van der Waals surface area (Å²) in [6.07, 6.45) is 3.47.